The molecule has 0 aliphatic carbocycles. The molecule has 1 heterocycles. The molecule has 3 rings (SSSR count). The lowest BCUT2D eigenvalue weighted by atomic mass is 10.0. The Labute approximate surface area is 167 Å². The number of benzene rings is 2. The Balaban J connectivity index is 1.38. The first-order valence-electron chi connectivity index (χ1n) is 10.1. The summed E-state index contributed by atoms with van der Waals surface area (Å²) in [5.74, 6) is 1.14. The number of hydrogen-bond acceptors (Lipinski definition) is 4. The molecular formula is C23H30N2O3. The molecule has 0 bridgehead atoms. The molecule has 1 saturated heterocycles. The van der Waals surface area contributed by atoms with Crippen molar-refractivity contribution >= 4 is 5.91 Å². The first-order chi connectivity index (χ1) is 13.7. The molecule has 0 unspecified atom stereocenters. The molecule has 1 N–H and O–H groups in total. The van der Waals surface area contributed by atoms with Gasteiger partial charge in [0.25, 0.3) is 5.91 Å². The third-order valence-corrected chi connectivity index (χ3v) is 5.08. The van der Waals surface area contributed by atoms with Crippen LogP contribution in [0.15, 0.2) is 54.6 Å². The number of para-hydroxylation sites is 2. The van der Waals surface area contributed by atoms with Gasteiger partial charge in [-0.25, -0.2) is 0 Å². The summed E-state index contributed by atoms with van der Waals surface area (Å²) in [6.45, 7) is 3.10. The summed E-state index contributed by atoms with van der Waals surface area (Å²) in [5, 5.41) is 3.12. The molecule has 1 aliphatic rings. The van der Waals surface area contributed by atoms with Crippen molar-refractivity contribution in [1.29, 1.82) is 0 Å². The van der Waals surface area contributed by atoms with Crippen LogP contribution in [-0.4, -0.2) is 50.2 Å². The van der Waals surface area contributed by atoms with Crippen molar-refractivity contribution < 1.29 is 14.3 Å². The van der Waals surface area contributed by atoms with Gasteiger partial charge in [-0.1, -0.05) is 42.5 Å². The number of amides is 1. The molecule has 0 spiro atoms. The van der Waals surface area contributed by atoms with Crippen molar-refractivity contribution in [2.75, 3.05) is 33.4 Å². The van der Waals surface area contributed by atoms with Crippen LogP contribution in [0, 0.1) is 0 Å². The Morgan fingerprint density at radius 1 is 1.11 bits per heavy atom. The van der Waals surface area contributed by atoms with Crippen LogP contribution in [0.25, 0.3) is 0 Å². The fourth-order valence-corrected chi connectivity index (χ4v) is 3.68. The van der Waals surface area contributed by atoms with Gasteiger partial charge in [0.15, 0.2) is 18.1 Å². The zero-order valence-corrected chi connectivity index (χ0v) is 16.6. The van der Waals surface area contributed by atoms with Crippen molar-refractivity contribution in [2.24, 2.45) is 0 Å². The van der Waals surface area contributed by atoms with Gasteiger partial charge in [0.05, 0.1) is 7.11 Å². The number of rotatable bonds is 9. The highest BCUT2D eigenvalue weighted by Gasteiger charge is 2.21. The quantitative estimate of drug-likeness (QED) is 0.723. The average Bonchev–Trinajstić information content (AvgIpc) is 2.73. The van der Waals surface area contributed by atoms with E-state index in [0.29, 0.717) is 11.5 Å². The Bertz CT molecular complexity index is 736. The Kier molecular flexibility index (Phi) is 7.73. The molecule has 150 valence electrons. The first kappa shape index (κ1) is 20.2. The molecule has 0 radical (unpaired) electrons. The maximum atomic E-state index is 12.3. The monoisotopic (exact) mass is 382 g/mol. The summed E-state index contributed by atoms with van der Waals surface area (Å²) in [7, 11) is 1.59. The normalized spacial score (nSPS) is 17.1. The van der Waals surface area contributed by atoms with E-state index in [1.54, 1.807) is 13.2 Å². The van der Waals surface area contributed by atoms with Crippen LogP contribution in [0.4, 0.5) is 0 Å². The lowest BCUT2D eigenvalue weighted by Crippen LogP contribution is -2.49. The van der Waals surface area contributed by atoms with Crippen LogP contribution in [0.2, 0.25) is 0 Å². The highest BCUT2D eigenvalue weighted by molar-refractivity contribution is 5.78. The van der Waals surface area contributed by atoms with E-state index in [1.165, 1.54) is 5.56 Å². The SMILES string of the molecule is COc1ccccc1OCC(=O)N[C@H]1CCCN(CCCc2ccccc2)C1. The van der Waals surface area contributed by atoms with E-state index in [-0.39, 0.29) is 18.6 Å². The number of carbonyl (C=O) groups is 1. The van der Waals surface area contributed by atoms with Crippen LogP contribution in [-0.2, 0) is 11.2 Å². The van der Waals surface area contributed by atoms with Gasteiger partial charge in [-0.05, 0) is 56.5 Å². The number of piperidine rings is 1. The van der Waals surface area contributed by atoms with Gasteiger partial charge in [0.2, 0.25) is 0 Å². The van der Waals surface area contributed by atoms with E-state index in [0.717, 1.165) is 45.3 Å². The minimum Gasteiger partial charge on any atom is -0.493 e. The Hall–Kier alpha value is -2.53. The second-order valence-corrected chi connectivity index (χ2v) is 7.24. The topological polar surface area (TPSA) is 50.8 Å². The molecule has 5 nitrogen and oxygen atoms in total. The maximum absolute atomic E-state index is 12.3. The zero-order valence-electron chi connectivity index (χ0n) is 16.6. The van der Waals surface area contributed by atoms with Crippen molar-refractivity contribution in [3.05, 3.63) is 60.2 Å². The van der Waals surface area contributed by atoms with E-state index in [9.17, 15) is 4.79 Å². The van der Waals surface area contributed by atoms with Crippen LogP contribution < -0.4 is 14.8 Å². The molecule has 2 aromatic carbocycles. The lowest BCUT2D eigenvalue weighted by molar-refractivity contribution is -0.124. The molecule has 0 aromatic heterocycles. The number of ether oxygens (including phenoxy) is 2. The standard InChI is InChI=1S/C23H30N2O3/c1-27-21-13-5-6-14-22(21)28-18-23(26)24-20-12-8-16-25(17-20)15-7-11-19-9-3-2-4-10-19/h2-6,9-10,13-14,20H,7-8,11-12,15-18H2,1H3,(H,24,26)/t20-/m0/s1. The molecule has 1 amide bonds. The van der Waals surface area contributed by atoms with Crippen molar-refractivity contribution in [3.8, 4) is 11.5 Å². The van der Waals surface area contributed by atoms with E-state index in [1.807, 2.05) is 18.2 Å². The van der Waals surface area contributed by atoms with Gasteiger partial charge in [-0.3, -0.25) is 4.79 Å². The highest BCUT2D eigenvalue weighted by atomic mass is 16.5. The Morgan fingerprint density at radius 3 is 2.64 bits per heavy atom. The predicted octanol–water partition coefficient (Wildman–Crippen LogP) is 3.29. The van der Waals surface area contributed by atoms with Crippen LogP contribution in [0.1, 0.15) is 24.8 Å². The summed E-state index contributed by atoms with van der Waals surface area (Å²) in [6.07, 6.45) is 4.38. The summed E-state index contributed by atoms with van der Waals surface area (Å²) < 4.78 is 10.9. The number of nitrogens with one attached hydrogen (secondary N) is 1. The summed E-state index contributed by atoms with van der Waals surface area (Å²) in [6, 6.07) is 18.2. The van der Waals surface area contributed by atoms with Gasteiger partial charge >= 0.3 is 0 Å². The number of likely N-dealkylation sites (tertiary alicyclic amines) is 1. The Morgan fingerprint density at radius 2 is 1.86 bits per heavy atom. The largest absolute Gasteiger partial charge is 0.493 e. The van der Waals surface area contributed by atoms with Crippen LogP contribution in [0.3, 0.4) is 0 Å². The number of nitrogens with zero attached hydrogens (tertiary/aromatic N) is 1. The molecule has 1 fully saturated rings. The number of hydrogen-bond donors (Lipinski definition) is 1. The van der Waals surface area contributed by atoms with E-state index < -0.39 is 0 Å². The first-order valence-corrected chi connectivity index (χ1v) is 10.1. The number of carbonyl (C=O) groups excluding carboxylic acids is 1. The third kappa shape index (κ3) is 6.27. The van der Waals surface area contributed by atoms with Gasteiger partial charge < -0.3 is 19.7 Å². The minimum absolute atomic E-state index is 0.00484. The molecule has 1 atom stereocenters. The maximum Gasteiger partial charge on any atom is 0.258 e. The molecular weight excluding hydrogens is 352 g/mol. The van der Waals surface area contributed by atoms with E-state index in [2.05, 4.69) is 40.5 Å². The van der Waals surface area contributed by atoms with Crippen LogP contribution >= 0.6 is 0 Å². The summed E-state index contributed by atoms with van der Waals surface area (Å²) in [4.78, 5) is 14.8. The smallest absolute Gasteiger partial charge is 0.258 e. The van der Waals surface area contributed by atoms with Gasteiger partial charge in [0, 0.05) is 12.6 Å². The third-order valence-electron chi connectivity index (χ3n) is 5.08. The van der Waals surface area contributed by atoms with Crippen molar-refractivity contribution in [3.63, 3.8) is 0 Å². The average molecular weight is 383 g/mol. The minimum atomic E-state index is -0.0814. The van der Waals surface area contributed by atoms with Crippen LogP contribution in [0.5, 0.6) is 11.5 Å². The highest BCUT2D eigenvalue weighted by Crippen LogP contribution is 2.25. The molecule has 0 saturated carbocycles. The molecule has 1 aliphatic heterocycles. The van der Waals surface area contributed by atoms with Gasteiger partial charge in [-0.15, -0.1) is 0 Å². The van der Waals surface area contributed by atoms with Gasteiger partial charge in [0.1, 0.15) is 0 Å². The van der Waals surface area contributed by atoms with Crippen molar-refractivity contribution in [2.45, 2.75) is 31.7 Å². The second kappa shape index (κ2) is 10.7. The zero-order chi connectivity index (χ0) is 19.6. The molecule has 5 heteroatoms. The summed E-state index contributed by atoms with van der Waals surface area (Å²) >= 11 is 0. The predicted molar refractivity (Wildman–Crippen MR) is 111 cm³/mol. The lowest BCUT2D eigenvalue weighted by Gasteiger charge is -2.33. The summed E-state index contributed by atoms with van der Waals surface area (Å²) in [5.41, 5.74) is 1.39. The fourth-order valence-electron chi connectivity index (χ4n) is 3.68. The van der Waals surface area contributed by atoms with E-state index in [4.69, 9.17) is 9.47 Å². The van der Waals surface area contributed by atoms with E-state index >= 15 is 0 Å². The number of methoxy groups -OCH3 is 1. The number of aryl methyl sites for hydroxylation is 1. The molecule has 28 heavy (non-hydrogen) atoms. The second-order valence-electron chi connectivity index (χ2n) is 7.24. The molecule has 2 aromatic rings. The van der Waals surface area contributed by atoms with Gasteiger partial charge in [-0.2, -0.15) is 0 Å². The fraction of sp³-hybridized carbons (Fsp3) is 0.435. The van der Waals surface area contributed by atoms with Crippen molar-refractivity contribution in [1.82, 2.24) is 10.2 Å².